The molecule has 186 valence electrons. The molecule has 0 bridgehead atoms. The number of sulfonamides is 1. The molecule has 0 aliphatic carbocycles. The van der Waals surface area contributed by atoms with E-state index in [-0.39, 0.29) is 4.90 Å². The number of hydrogen-bond donors (Lipinski definition) is 2. The number of carbonyl (C=O) groups is 1. The molecule has 0 spiro atoms. The van der Waals surface area contributed by atoms with Crippen molar-refractivity contribution in [2.75, 3.05) is 41.3 Å². The summed E-state index contributed by atoms with van der Waals surface area (Å²) in [7, 11) is -3.86. The number of anilines is 2. The fourth-order valence-corrected chi connectivity index (χ4v) is 6.17. The van der Waals surface area contributed by atoms with Crippen molar-refractivity contribution >= 4 is 49.8 Å². The number of benzene rings is 3. The maximum atomic E-state index is 13.3. The highest BCUT2D eigenvalue weighted by Crippen LogP contribution is 2.29. The van der Waals surface area contributed by atoms with Gasteiger partial charge in [-0.3, -0.25) is 14.4 Å². The second kappa shape index (κ2) is 10.6. The normalized spacial score (nSPS) is 15.2. The minimum Gasteiger partial charge on any atom is -0.326 e. The van der Waals surface area contributed by atoms with Gasteiger partial charge in [0, 0.05) is 47.9 Å². The number of alkyl halides is 1. The van der Waals surface area contributed by atoms with Gasteiger partial charge >= 0.3 is 0 Å². The summed E-state index contributed by atoms with van der Waals surface area (Å²) in [5, 5.41) is 4.27. The van der Waals surface area contributed by atoms with Gasteiger partial charge in [0.25, 0.3) is 10.0 Å². The fraction of sp³-hybridized carbons (Fsp3) is 0.346. The van der Waals surface area contributed by atoms with Crippen molar-refractivity contribution in [2.45, 2.75) is 25.3 Å². The molecule has 35 heavy (non-hydrogen) atoms. The van der Waals surface area contributed by atoms with E-state index in [0.29, 0.717) is 16.8 Å². The molecule has 1 aliphatic heterocycles. The summed E-state index contributed by atoms with van der Waals surface area (Å²) in [4.78, 5) is 14.8. The second-order valence-corrected chi connectivity index (χ2v) is 12.2. The maximum absolute atomic E-state index is 13.3. The van der Waals surface area contributed by atoms with E-state index < -0.39 is 28.0 Å². The summed E-state index contributed by atoms with van der Waals surface area (Å²) < 4.78 is 42.3. The first-order valence-corrected chi connectivity index (χ1v) is 14.1. The average Bonchev–Trinajstić information content (AvgIpc) is 2.85. The number of nitrogens with one attached hydrogen (secondary N) is 2. The van der Waals surface area contributed by atoms with Crippen LogP contribution >= 0.6 is 11.8 Å². The van der Waals surface area contributed by atoms with Crippen molar-refractivity contribution in [2.24, 2.45) is 5.41 Å². The first-order valence-electron chi connectivity index (χ1n) is 11.5. The Kier molecular flexibility index (Phi) is 7.68. The van der Waals surface area contributed by atoms with Crippen molar-refractivity contribution in [1.82, 2.24) is 4.90 Å². The fourth-order valence-electron chi connectivity index (χ4n) is 3.91. The molecule has 0 saturated carbocycles. The Balaban J connectivity index is 1.54. The predicted octanol–water partition coefficient (Wildman–Crippen LogP) is 5.12. The van der Waals surface area contributed by atoms with Gasteiger partial charge in [0.2, 0.25) is 5.91 Å². The highest BCUT2D eigenvalue weighted by Gasteiger charge is 2.27. The molecule has 3 aromatic carbocycles. The van der Waals surface area contributed by atoms with Gasteiger partial charge in [0.15, 0.2) is 0 Å². The standard InChI is InChI=1S/C26H30FN3O3S2/c1-26(2,18-27)25(31)28-20-9-11-21(12-10-20)29-35(32,33)24-8-4-6-22-19(5-3-7-23(22)24)17-30-13-15-34-16-14-30/h3-12,29H,13-18H2,1-2H3,(H,28,31). The van der Waals surface area contributed by atoms with Crippen molar-refractivity contribution < 1.29 is 17.6 Å². The van der Waals surface area contributed by atoms with Crippen molar-refractivity contribution in [3.05, 3.63) is 66.2 Å². The Labute approximate surface area is 210 Å². The Morgan fingerprint density at radius 3 is 2.29 bits per heavy atom. The van der Waals surface area contributed by atoms with E-state index in [9.17, 15) is 17.6 Å². The molecule has 2 N–H and O–H groups in total. The summed E-state index contributed by atoms with van der Waals surface area (Å²) in [6, 6.07) is 17.5. The Hall–Kier alpha value is -2.62. The zero-order chi connectivity index (χ0) is 25.1. The maximum Gasteiger partial charge on any atom is 0.262 e. The highest BCUT2D eigenvalue weighted by atomic mass is 32.2. The summed E-state index contributed by atoms with van der Waals surface area (Å²) in [6.45, 7) is 5.12. The van der Waals surface area contributed by atoms with E-state index in [1.165, 1.54) is 13.8 Å². The number of fused-ring (bicyclic) bond motifs is 1. The van der Waals surface area contributed by atoms with Crippen LogP contribution in [0.1, 0.15) is 19.4 Å². The van der Waals surface area contributed by atoms with Crippen LogP contribution in [0.15, 0.2) is 65.6 Å². The average molecular weight is 516 g/mol. The van der Waals surface area contributed by atoms with E-state index >= 15 is 0 Å². The minimum absolute atomic E-state index is 0.216. The van der Waals surface area contributed by atoms with Crippen LogP contribution in [0.5, 0.6) is 0 Å². The van der Waals surface area contributed by atoms with Crippen LogP contribution in [0.25, 0.3) is 10.8 Å². The number of nitrogens with zero attached hydrogens (tertiary/aromatic N) is 1. The molecule has 9 heteroatoms. The summed E-state index contributed by atoms with van der Waals surface area (Å²) in [6.07, 6.45) is 0. The number of amides is 1. The van der Waals surface area contributed by atoms with Crippen LogP contribution in [-0.4, -0.2) is 50.5 Å². The van der Waals surface area contributed by atoms with Crippen LogP contribution < -0.4 is 10.0 Å². The lowest BCUT2D eigenvalue weighted by Crippen LogP contribution is -2.32. The first-order chi connectivity index (χ1) is 16.7. The Morgan fingerprint density at radius 1 is 0.971 bits per heavy atom. The van der Waals surface area contributed by atoms with Gasteiger partial charge < -0.3 is 5.32 Å². The van der Waals surface area contributed by atoms with Gasteiger partial charge in [0.05, 0.1) is 10.3 Å². The molecule has 0 unspecified atom stereocenters. The largest absolute Gasteiger partial charge is 0.326 e. The summed E-state index contributed by atoms with van der Waals surface area (Å²) >= 11 is 1.96. The lowest BCUT2D eigenvalue weighted by Gasteiger charge is -2.26. The SMILES string of the molecule is CC(C)(CF)C(=O)Nc1ccc(NS(=O)(=O)c2cccc3c(CN4CCSCC4)cccc23)cc1. The highest BCUT2D eigenvalue weighted by molar-refractivity contribution is 7.99. The molecule has 3 aromatic rings. The first kappa shape index (κ1) is 25.5. The molecule has 1 fully saturated rings. The minimum atomic E-state index is -3.86. The lowest BCUT2D eigenvalue weighted by molar-refractivity contribution is -0.124. The van der Waals surface area contributed by atoms with Gasteiger partial charge in [-0.2, -0.15) is 11.8 Å². The van der Waals surface area contributed by atoms with E-state index in [1.54, 1.807) is 36.4 Å². The van der Waals surface area contributed by atoms with E-state index in [2.05, 4.69) is 21.0 Å². The quantitative estimate of drug-likeness (QED) is 0.435. The second-order valence-electron chi connectivity index (χ2n) is 9.31. The molecular weight excluding hydrogens is 485 g/mol. The van der Waals surface area contributed by atoms with Gasteiger partial charge in [-0.25, -0.2) is 12.8 Å². The number of carbonyl (C=O) groups excluding carboxylic acids is 1. The van der Waals surface area contributed by atoms with Crippen LogP contribution in [0.4, 0.5) is 15.8 Å². The Bertz CT molecular complexity index is 1310. The van der Waals surface area contributed by atoms with E-state index in [0.717, 1.165) is 42.1 Å². The molecule has 0 radical (unpaired) electrons. The topological polar surface area (TPSA) is 78.5 Å². The smallest absolute Gasteiger partial charge is 0.262 e. The number of rotatable bonds is 8. The van der Waals surface area contributed by atoms with Crippen LogP contribution in [0, 0.1) is 5.41 Å². The monoisotopic (exact) mass is 515 g/mol. The molecule has 1 aliphatic rings. The van der Waals surface area contributed by atoms with Crippen molar-refractivity contribution in [3.63, 3.8) is 0 Å². The van der Waals surface area contributed by atoms with Gasteiger partial charge in [-0.15, -0.1) is 0 Å². The summed E-state index contributed by atoms with van der Waals surface area (Å²) in [5.41, 5.74) is 0.806. The Morgan fingerprint density at radius 2 is 1.60 bits per heavy atom. The van der Waals surface area contributed by atoms with Gasteiger partial charge in [-0.05, 0) is 55.1 Å². The molecule has 1 saturated heterocycles. The van der Waals surface area contributed by atoms with Crippen molar-refractivity contribution in [3.8, 4) is 0 Å². The zero-order valence-electron chi connectivity index (χ0n) is 19.9. The predicted molar refractivity (Wildman–Crippen MR) is 142 cm³/mol. The van der Waals surface area contributed by atoms with Gasteiger partial charge in [-0.1, -0.05) is 30.3 Å². The third-order valence-electron chi connectivity index (χ3n) is 6.10. The molecule has 1 amide bonds. The van der Waals surface area contributed by atoms with Crippen LogP contribution in [0.2, 0.25) is 0 Å². The zero-order valence-corrected chi connectivity index (χ0v) is 21.5. The third kappa shape index (κ3) is 5.97. The molecule has 0 aromatic heterocycles. The molecule has 0 atom stereocenters. The van der Waals surface area contributed by atoms with Crippen molar-refractivity contribution in [1.29, 1.82) is 0 Å². The van der Waals surface area contributed by atoms with Crippen LogP contribution in [-0.2, 0) is 21.4 Å². The van der Waals surface area contributed by atoms with E-state index in [1.807, 2.05) is 30.0 Å². The number of thioether (sulfide) groups is 1. The molecule has 6 nitrogen and oxygen atoms in total. The third-order valence-corrected chi connectivity index (χ3v) is 8.49. The number of hydrogen-bond acceptors (Lipinski definition) is 5. The van der Waals surface area contributed by atoms with Crippen LogP contribution in [0.3, 0.4) is 0 Å². The molecule has 1 heterocycles. The van der Waals surface area contributed by atoms with Gasteiger partial charge in [0.1, 0.15) is 6.67 Å². The molecule has 4 rings (SSSR count). The lowest BCUT2D eigenvalue weighted by atomic mass is 9.94. The molecular formula is C26H30FN3O3S2. The van der Waals surface area contributed by atoms with E-state index in [4.69, 9.17) is 0 Å². The summed E-state index contributed by atoms with van der Waals surface area (Å²) in [5.74, 6) is 1.79. The number of halogens is 1.